The van der Waals surface area contributed by atoms with E-state index < -0.39 is 6.03 Å². The van der Waals surface area contributed by atoms with Crippen molar-refractivity contribution in [3.8, 4) is 5.75 Å². The molecule has 1 aromatic rings. The molecule has 0 aromatic heterocycles. The third-order valence-electron chi connectivity index (χ3n) is 4.63. The first-order valence-electron chi connectivity index (χ1n) is 9.44. The van der Waals surface area contributed by atoms with Gasteiger partial charge in [-0.2, -0.15) is 0 Å². The predicted molar refractivity (Wildman–Crippen MR) is 102 cm³/mol. The van der Waals surface area contributed by atoms with Crippen LogP contribution in [0.1, 0.15) is 27.2 Å². The minimum atomic E-state index is -0.409. The van der Waals surface area contributed by atoms with Crippen molar-refractivity contribution in [3.05, 3.63) is 24.3 Å². The van der Waals surface area contributed by atoms with Crippen LogP contribution in [0.4, 0.5) is 10.5 Å². The lowest BCUT2D eigenvalue weighted by Gasteiger charge is -2.34. The number of rotatable bonds is 7. The van der Waals surface area contributed by atoms with Crippen LogP contribution in [0, 0.1) is 0 Å². The van der Waals surface area contributed by atoms with E-state index in [-0.39, 0.29) is 11.9 Å². The zero-order valence-electron chi connectivity index (χ0n) is 16.0. The van der Waals surface area contributed by atoms with Gasteiger partial charge in [-0.25, -0.2) is 4.79 Å². The molecule has 0 bridgehead atoms. The van der Waals surface area contributed by atoms with Gasteiger partial charge in [-0.05, 0) is 32.4 Å². The van der Waals surface area contributed by atoms with Gasteiger partial charge in [0.25, 0.3) is 5.91 Å². The van der Waals surface area contributed by atoms with Gasteiger partial charge in [-0.15, -0.1) is 0 Å². The van der Waals surface area contributed by atoms with E-state index in [0.717, 1.165) is 44.0 Å². The normalized spacial score (nSPS) is 16.0. The van der Waals surface area contributed by atoms with Gasteiger partial charge in [0.15, 0.2) is 6.54 Å². The fourth-order valence-electron chi connectivity index (χ4n) is 3.00. The average Bonchev–Trinajstić information content (AvgIpc) is 2.63. The summed E-state index contributed by atoms with van der Waals surface area (Å²) in [4.78, 5) is 27.3. The summed E-state index contributed by atoms with van der Waals surface area (Å²) in [5.74, 6) is 0.668. The Morgan fingerprint density at radius 3 is 2.58 bits per heavy atom. The molecule has 1 heterocycles. The molecule has 1 aromatic carbocycles. The molecule has 1 atom stereocenters. The second kappa shape index (κ2) is 10.0. The van der Waals surface area contributed by atoms with E-state index in [1.165, 1.54) is 4.90 Å². The first-order chi connectivity index (χ1) is 12.5. The van der Waals surface area contributed by atoms with Gasteiger partial charge in [0, 0.05) is 6.04 Å². The quantitative estimate of drug-likeness (QED) is 0.656. The molecular weight excluding hydrogens is 332 g/mol. The summed E-state index contributed by atoms with van der Waals surface area (Å²) < 4.78 is 5.71. The lowest BCUT2D eigenvalue weighted by Crippen LogP contribution is -3.16. The number of ether oxygens (including phenoxy) is 1. The molecule has 144 valence electrons. The van der Waals surface area contributed by atoms with E-state index in [4.69, 9.17) is 4.74 Å². The lowest BCUT2D eigenvalue weighted by atomic mass is 10.2. The van der Waals surface area contributed by atoms with Gasteiger partial charge >= 0.3 is 6.03 Å². The zero-order chi connectivity index (χ0) is 18.9. The standard InChI is InChI=1S/C19H30N4O3/c1-4-15(3)20-19(25)21-18(24)14-22-10-12-23(13-11-22)16-8-6-7-9-17(16)26-5-2/h6-9,15H,4-5,10-14H2,1-3H3,(H2,20,21,24,25)/p+1/t15-/m1/s1. The third kappa shape index (κ3) is 5.91. The average molecular weight is 363 g/mol. The van der Waals surface area contributed by atoms with E-state index in [1.54, 1.807) is 0 Å². The van der Waals surface area contributed by atoms with Crippen molar-refractivity contribution >= 4 is 17.6 Å². The SMILES string of the molecule is CCOc1ccccc1N1CC[NH+](CC(=O)NC(=O)N[C@H](C)CC)CC1. The molecule has 2 rings (SSSR count). The molecule has 0 radical (unpaired) electrons. The number of nitrogens with zero attached hydrogens (tertiary/aromatic N) is 1. The smallest absolute Gasteiger partial charge is 0.321 e. The summed E-state index contributed by atoms with van der Waals surface area (Å²) >= 11 is 0. The summed E-state index contributed by atoms with van der Waals surface area (Å²) in [5, 5.41) is 5.16. The largest absolute Gasteiger partial charge is 0.492 e. The van der Waals surface area contributed by atoms with Crippen molar-refractivity contribution in [1.82, 2.24) is 10.6 Å². The van der Waals surface area contributed by atoms with E-state index in [2.05, 4.69) is 21.6 Å². The minimum absolute atomic E-state index is 0.0594. The molecule has 3 N–H and O–H groups in total. The maximum absolute atomic E-state index is 12.1. The van der Waals surface area contributed by atoms with Gasteiger partial charge in [-0.1, -0.05) is 19.1 Å². The Morgan fingerprint density at radius 1 is 1.23 bits per heavy atom. The molecule has 7 nitrogen and oxygen atoms in total. The fourth-order valence-corrected chi connectivity index (χ4v) is 3.00. The van der Waals surface area contributed by atoms with Gasteiger partial charge in [0.1, 0.15) is 5.75 Å². The fraction of sp³-hybridized carbons (Fsp3) is 0.579. The Bertz CT molecular complexity index is 600. The Hall–Kier alpha value is -2.28. The molecule has 0 aliphatic carbocycles. The van der Waals surface area contributed by atoms with Gasteiger partial charge in [0.2, 0.25) is 0 Å². The number of hydrogen-bond donors (Lipinski definition) is 3. The maximum atomic E-state index is 12.1. The van der Waals surface area contributed by atoms with Crippen LogP contribution in [0.3, 0.4) is 0 Å². The van der Waals surface area contributed by atoms with Crippen molar-refractivity contribution in [1.29, 1.82) is 0 Å². The van der Waals surface area contributed by atoms with Gasteiger partial charge < -0.3 is 19.9 Å². The van der Waals surface area contributed by atoms with Crippen LogP contribution >= 0.6 is 0 Å². The summed E-state index contributed by atoms with van der Waals surface area (Å²) in [6, 6.07) is 7.70. The minimum Gasteiger partial charge on any atom is -0.492 e. The number of quaternary nitrogens is 1. The van der Waals surface area contributed by atoms with Gasteiger partial charge in [-0.3, -0.25) is 10.1 Å². The molecule has 1 aliphatic heterocycles. The van der Waals surface area contributed by atoms with E-state index in [9.17, 15) is 9.59 Å². The van der Waals surface area contributed by atoms with Crippen LogP contribution < -0.4 is 25.2 Å². The number of amides is 3. The summed E-state index contributed by atoms with van der Waals surface area (Å²) in [6.07, 6.45) is 0.831. The molecule has 0 spiro atoms. The van der Waals surface area contributed by atoms with Crippen molar-refractivity contribution in [2.75, 3.05) is 44.2 Å². The molecular formula is C19H31N4O3+. The highest BCUT2D eigenvalue weighted by Gasteiger charge is 2.24. The number of anilines is 1. The molecule has 0 saturated carbocycles. The second-order valence-electron chi connectivity index (χ2n) is 6.65. The van der Waals surface area contributed by atoms with Crippen molar-refractivity contribution in [2.24, 2.45) is 0 Å². The Morgan fingerprint density at radius 2 is 1.92 bits per heavy atom. The predicted octanol–water partition coefficient (Wildman–Crippen LogP) is 0.415. The molecule has 1 saturated heterocycles. The van der Waals surface area contributed by atoms with Crippen LogP contribution in [-0.2, 0) is 4.79 Å². The molecule has 3 amide bonds. The second-order valence-corrected chi connectivity index (χ2v) is 6.65. The Balaban J connectivity index is 1.80. The number of benzene rings is 1. The first-order valence-corrected chi connectivity index (χ1v) is 9.44. The summed E-state index contributed by atoms with van der Waals surface area (Å²) in [5.41, 5.74) is 1.10. The van der Waals surface area contributed by atoms with Crippen LogP contribution in [0.5, 0.6) is 5.75 Å². The zero-order valence-corrected chi connectivity index (χ0v) is 16.0. The molecule has 0 unspecified atom stereocenters. The Labute approximate surface area is 155 Å². The number of para-hydroxylation sites is 2. The molecule has 7 heteroatoms. The van der Waals surface area contributed by atoms with Crippen molar-refractivity contribution in [3.63, 3.8) is 0 Å². The van der Waals surface area contributed by atoms with Crippen LogP contribution in [-0.4, -0.2) is 57.3 Å². The number of hydrogen-bond acceptors (Lipinski definition) is 4. The number of imide groups is 1. The van der Waals surface area contributed by atoms with E-state index in [1.807, 2.05) is 39.0 Å². The highest BCUT2D eigenvalue weighted by Crippen LogP contribution is 2.27. The van der Waals surface area contributed by atoms with E-state index >= 15 is 0 Å². The molecule has 1 aliphatic rings. The summed E-state index contributed by atoms with van der Waals surface area (Å²) in [6.45, 7) is 10.2. The monoisotopic (exact) mass is 363 g/mol. The van der Waals surface area contributed by atoms with Crippen molar-refractivity contribution < 1.29 is 19.2 Å². The highest BCUT2D eigenvalue weighted by molar-refractivity contribution is 5.94. The van der Waals surface area contributed by atoms with Crippen LogP contribution in [0.2, 0.25) is 0 Å². The number of urea groups is 1. The lowest BCUT2D eigenvalue weighted by molar-refractivity contribution is -0.892. The van der Waals surface area contributed by atoms with Crippen molar-refractivity contribution in [2.45, 2.75) is 33.2 Å². The van der Waals surface area contributed by atoms with Crippen LogP contribution in [0.15, 0.2) is 24.3 Å². The topological polar surface area (TPSA) is 75.1 Å². The maximum Gasteiger partial charge on any atom is 0.321 e. The van der Waals surface area contributed by atoms with E-state index in [0.29, 0.717) is 13.2 Å². The first kappa shape index (κ1) is 20.0. The Kier molecular flexibility index (Phi) is 7.72. The number of nitrogens with one attached hydrogen (secondary N) is 3. The summed E-state index contributed by atoms with van der Waals surface area (Å²) in [7, 11) is 0. The highest BCUT2D eigenvalue weighted by atomic mass is 16.5. The number of carbonyl (C=O) groups excluding carboxylic acids is 2. The van der Waals surface area contributed by atoms with Crippen LogP contribution in [0.25, 0.3) is 0 Å². The molecule has 26 heavy (non-hydrogen) atoms. The third-order valence-corrected chi connectivity index (χ3v) is 4.63. The number of piperazine rings is 1. The van der Waals surface area contributed by atoms with Gasteiger partial charge in [0.05, 0.1) is 38.5 Å². The molecule has 1 fully saturated rings. The number of carbonyl (C=O) groups is 2.